The molecule has 0 amide bonds. The SMILES string of the molecule is Cn1ccnc1SCCNCC1CCCO1. The third-order valence-corrected chi connectivity index (χ3v) is 3.74. The first-order chi connectivity index (χ1) is 7.86. The molecule has 1 N–H and O–H groups in total. The van der Waals surface area contributed by atoms with Gasteiger partial charge in [-0.1, -0.05) is 11.8 Å². The lowest BCUT2D eigenvalue weighted by atomic mass is 10.2. The Morgan fingerprint density at radius 1 is 1.69 bits per heavy atom. The number of thioether (sulfide) groups is 1. The highest BCUT2D eigenvalue weighted by Crippen LogP contribution is 2.13. The van der Waals surface area contributed by atoms with E-state index in [-0.39, 0.29) is 0 Å². The molecule has 1 atom stereocenters. The van der Waals surface area contributed by atoms with Crippen molar-refractivity contribution in [1.82, 2.24) is 14.9 Å². The summed E-state index contributed by atoms with van der Waals surface area (Å²) >= 11 is 1.78. The summed E-state index contributed by atoms with van der Waals surface area (Å²) in [6, 6.07) is 0. The highest BCUT2D eigenvalue weighted by atomic mass is 32.2. The summed E-state index contributed by atoms with van der Waals surface area (Å²) in [4.78, 5) is 4.26. The van der Waals surface area contributed by atoms with Crippen molar-refractivity contribution in [2.45, 2.75) is 24.1 Å². The highest BCUT2D eigenvalue weighted by molar-refractivity contribution is 7.99. The number of nitrogens with one attached hydrogen (secondary N) is 1. The van der Waals surface area contributed by atoms with Gasteiger partial charge in [0, 0.05) is 44.9 Å². The Kier molecular flexibility index (Phi) is 4.69. The molecular weight excluding hydrogens is 222 g/mol. The number of ether oxygens (including phenoxy) is 1. The number of hydrogen-bond acceptors (Lipinski definition) is 4. The third kappa shape index (κ3) is 3.50. The fourth-order valence-electron chi connectivity index (χ4n) is 1.77. The molecule has 0 spiro atoms. The van der Waals surface area contributed by atoms with Crippen LogP contribution in [0.15, 0.2) is 17.6 Å². The van der Waals surface area contributed by atoms with Crippen LogP contribution in [-0.2, 0) is 11.8 Å². The van der Waals surface area contributed by atoms with Gasteiger partial charge in [0.1, 0.15) is 0 Å². The standard InChI is InChI=1S/C11H19N3OS/c1-14-6-4-13-11(14)16-8-5-12-9-10-3-2-7-15-10/h4,6,10,12H,2-3,5,7-9H2,1H3. The predicted octanol–water partition coefficient (Wildman–Crippen LogP) is 1.28. The number of imidazole rings is 1. The highest BCUT2D eigenvalue weighted by Gasteiger charge is 2.14. The molecule has 0 radical (unpaired) electrons. The molecule has 0 aliphatic carbocycles. The van der Waals surface area contributed by atoms with E-state index in [1.165, 1.54) is 12.8 Å². The summed E-state index contributed by atoms with van der Waals surface area (Å²) in [5, 5.41) is 4.51. The Bertz CT molecular complexity index is 310. The van der Waals surface area contributed by atoms with Gasteiger partial charge in [-0.15, -0.1) is 0 Å². The van der Waals surface area contributed by atoms with Crippen molar-refractivity contribution in [3.8, 4) is 0 Å². The molecule has 0 saturated carbocycles. The van der Waals surface area contributed by atoms with Gasteiger partial charge < -0.3 is 14.6 Å². The summed E-state index contributed by atoms with van der Waals surface area (Å²) in [5.41, 5.74) is 0. The third-order valence-electron chi connectivity index (χ3n) is 2.68. The molecule has 1 aromatic heterocycles. The fraction of sp³-hybridized carbons (Fsp3) is 0.727. The van der Waals surface area contributed by atoms with E-state index in [4.69, 9.17) is 4.74 Å². The van der Waals surface area contributed by atoms with Gasteiger partial charge >= 0.3 is 0 Å². The number of hydrogen-bond donors (Lipinski definition) is 1. The van der Waals surface area contributed by atoms with E-state index in [0.29, 0.717) is 6.10 Å². The maximum absolute atomic E-state index is 5.54. The smallest absolute Gasteiger partial charge is 0.167 e. The molecule has 0 aromatic carbocycles. The molecule has 1 fully saturated rings. The maximum atomic E-state index is 5.54. The van der Waals surface area contributed by atoms with Crippen molar-refractivity contribution in [3.63, 3.8) is 0 Å². The molecule has 1 saturated heterocycles. The molecule has 2 heterocycles. The van der Waals surface area contributed by atoms with Crippen molar-refractivity contribution in [1.29, 1.82) is 0 Å². The van der Waals surface area contributed by atoms with Gasteiger partial charge in [0.25, 0.3) is 0 Å². The average molecular weight is 241 g/mol. The van der Waals surface area contributed by atoms with Crippen LogP contribution in [0.1, 0.15) is 12.8 Å². The summed E-state index contributed by atoms with van der Waals surface area (Å²) in [5.74, 6) is 1.05. The molecule has 2 rings (SSSR count). The lowest BCUT2D eigenvalue weighted by molar-refractivity contribution is 0.110. The van der Waals surface area contributed by atoms with E-state index < -0.39 is 0 Å². The Hall–Kier alpha value is -0.520. The molecule has 16 heavy (non-hydrogen) atoms. The minimum absolute atomic E-state index is 0.443. The minimum Gasteiger partial charge on any atom is -0.377 e. The minimum atomic E-state index is 0.443. The lowest BCUT2D eigenvalue weighted by Crippen LogP contribution is -2.28. The van der Waals surface area contributed by atoms with Crippen molar-refractivity contribution >= 4 is 11.8 Å². The second-order valence-electron chi connectivity index (χ2n) is 4.01. The second kappa shape index (κ2) is 6.27. The van der Waals surface area contributed by atoms with Gasteiger partial charge in [-0.2, -0.15) is 0 Å². The largest absolute Gasteiger partial charge is 0.377 e. The molecule has 4 nitrogen and oxygen atoms in total. The first kappa shape index (κ1) is 12.0. The first-order valence-electron chi connectivity index (χ1n) is 5.78. The van der Waals surface area contributed by atoms with Crippen molar-refractivity contribution in [2.75, 3.05) is 25.4 Å². The zero-order valence-electron chi connectivity index (χ0n) is 9.69. The topological polar surface area (TPSA) is 39.1 Å². The van der Waals surface area contributed by atoms with Crippen LogP contribution in [0.25, 0.3) is 0 Å². The predicted molar refractivity (Wildman–Crippen MR) is 65.8 cm³/mol. The summed E-state index contributed by atoms with van der Waals surface area (Å²) in [7, 11) is 2.02. The monoisotopic (exact) mass is 241 g/mol. The van der Waals surface area contributed by atoms with E-state index in [9.17, 15) is 0 Å². The van der Waals surface area contributed by atoms with E-state index in [1.54, 1.807) is 11.8 Å². The van der Waals surface area contributed by atoms with Crippen LogP contribution in [0, 0.1) is 0 Å². The van der Waals surface area contributed by atoms with Gasteiger partial charge in [0.05, 0.1) is 6.10 Å². The van der Waals surface area contributed by atoms with Gasteiger partial charge in [0.2, 0.25) is 0 Å². The Morgan fingerprint density at radius 3 is 3.31 bits per heavy atom. The molecular formula is C11H19N3OS. The van der Waals surface area contributed by atoms with Crippen LogP contribution in [0.5, 0.6) is 0 Å². The van der Waals surface area contributed by atoms with Crippen LogP contribution in [0.4, 0.5) is 0 Å². The first-order valence-corrected chi connectivity index (χ1v) is 6.77. The van der Waals surface area contributed by atoms with Crippen LogP contribution < -0.4 is 5.32 Å². The molecule has 5 heteroatoms. The molecule has 1 aliphatic heterocycles. The molecule has 1 aliphatic rings. The van der Waals surface area contributed by atoms with Gasteiger partial charge in [-0.3, -0.25) is 0 Å². The van der Waals surface area contributed by atoms with E-state index in [0.717, 1.165) is 30.6 Å². The number of aryl methyl sites for hydroxylation is 1. The van der Waals surface area contributed by atoms with Crippen molar-refractivity contribution < 1.29 is 4.74 Å². The number of rotatable bonds is 6. The maximum Gasteiger partial charge on any atom is 0.167 e. The Morgan fingerprint density at radius 2 is 2.62 bits per heavy atom. The van der Waals surface area contributed by atoms with E-state index >= 15 is 0 Å². The average Bonchev–Trinajstić information content (AvgIpc) is 2.90. The van der Waals surface area contributed by atoms with E-state index in [1.807, 2.05) is 24.0 Å². The number of nitrogens with zero attached hydrogens (tertiary/aromatic N) is 2. The van der Waals surface area contributed by atoms with Crippen LogP contribution in [-0.4, -0.2) is 41.1 Å². The number of aromatic nitrogens is 2. The molecule has 90 valence electrons. The summed E-state index contributed by atoms with van der Waals surface area (Å²) < 4.78 is 7.59. The fourth-order valence-corrected chi connectivity index (χ4v) is 2.60. The summed E-state index contributed by atoms with van der Waals surface area (Å²) in [6.45, 7) is 2.94. The van der Waals surface area contributed by atoms with Crippen LogP contribution in [0.3, 0.4) is 0 Å². The van der Waals surface area contributed by atoms with Crippen LogP contribution >= 0.6 is 11.8 Å². The quantitative estimate of drug-likeness (QED) is 0.601. The zero-order valence-corrected chi connectivity index (χ0v) is 10.5. The zero-order chi connectivity index (χ0) is 11.2. The molecule has 1 unspecified atom stereocenters. The van der Waals surface area contributed by atoms with Crippen LogP contribution in [0.2, 0.25) is 0 Å². The van der Waals surface area contributed by atoms with Gasteiger partial charge in [-0.05, 0) is 12.8 Å². The van der Waals surface area contributed by atoms with E-state index in [2.05, 4.69) is 10.3 Å². The summed E-state index contributed by atoms with van der Waals surface area (Å²) in [6.07, 6.45) is 6.68. The molecule has 0 bridgehead atoms. The second-order valence-corrected chi connectivity index (χ2v) is 5.07. The van der Waals surface area contributed by atoms with Crippen molar-refractivity contribution in [2.24, 2.45) is 7.05 Å². The molecule has 1 aromatic rings. The Labute approximate surface area is 101 Å². The van der Waals surface area contributed by atoms with Crippen molar-refractivity contribution in [3.05, 3.63) is 12.4 Å². The Balaban J connectivity index is 1.53. The van der Waals surface area contributed by atoms with Gasteiger partial charge in [-0.25, -0.2) is 4.98 Å². The normalized spacial score (nSPS) is 20.4. The van der Waals surface area contributed by atoms with Gasteiger partial charge in [0.15, 0.2) is 5.16 Å². The lowest BCUT2D eigenvalue weighted by Gasteiger charge is -2.10.